The number of nitro benzene ring substituents is 1. The van der Waals surface area contributed by atoms with Crippen molar-refractivity contribution in [2.45, 2.75) is 28.9 Å². The van der Waals surface area contributed by atoms with Crippen LogP contribution in [0.5, 0.6) is 0 Å². The summed E-state index contributed by atoms with van der Waals surface area (Å²) in [5.41, 5.74) is 5.80. The van der Waals surface area contributed by atoms with Crippen LogP contribution in [0.2, 0.25) is 5.02 Å². The number of aliphatic hydroxyl groups is 2. The third kappa shape index (κ3) is 9.52. The molecule has 6 rings (SSSR count). The largest absolute Gasteiger partial charge is 0.588 e. The van der Waals surface area contributed by atoms with Crippen molar-refractivity contribution in [3.8, 4) is 34.1 Å². The fourth-order valence-electron chi connectivity index (χ4n) is 5.53. The third-order valence-electron chi connectivity index (χ3n) is 8.32. The zero-order chi connectivity index (χ0) is 38.0. The van der Waals surface area contributed by atoms with Crippen molar-refractivity contribution in [1.29, 1.82) is 0 Å². The van der Waals surface area contributed by atoms with Crippen molar-refractivity contribution in [1.82, 2.24) is 4.57 Å². The summed E-state index contributed by atoms with van der Waals surface area (Å²) in [6, 6.07) is 35.7. The van der Waals surface area contributed by atoms with E-state index in [1.807, 2.05) is 72.9 Å². The lowest BCUT2D eigenvalue weighted by atomic mass is 9.96. The second-order valence-corrected chi connectivity index (χ2v) is 14.5. The standard InChI is InChI=1S/C41H33ClN4O6S2/c42-32-16-14-30(15-17-32)37-25-45(23-22-34(49)26-47)40(27-48)41(37)31-12-8-28(9-13-31)6-7-29-10-18-33(19-11-29)44-54(52)36-20-21-38(39(24-36)46(50)51)43-53-35-4-2-1-3-5-35/h1-5,8-21,24-25,27,34,43-44,47,49H,22-23,26H2. The van der Waals surface area contributed by atoms with Crippen molar-refractivity contribution in [2.75, 3.05) is 16.1 Å². The summed E-state index contributed by atoms with van der Waals surface area (Å²) >= 11 is 5.62. The molecule has 0 aliphatic rings. The van der Waals surface area contributed by atoms with E-state index in [-0.39, 0.29) is 23.6 Å². The minimum Gasteiger partial charge on any atom is -0.588 e. The van der Waals surface area contributed by atoms with Gasteiger partial charge in [0.05, 0.1) is 35.1 Å². The van der Waals surface area contributed by atoms with E-state index in [4.69, 9.17) is 11.6 Å². The first-order valence-electron chi connectivity index (χ1n) is 16.6. The number of nitrogens with zero attached hydrogens (tertiary/aromatic N) is 2. The van der Waals surface area contributed by atoms with E-state index < -0.39 is 22.4 Å². The first kappa shape index (κ1) is 38.2. The van der Waals surface area contributed by atoms with Gasteiger partial charge in [-0.15, -0.1) is 0 Å². The van der Waals surface area contributed by atoms with Gasteiger partial charge in [-0.2, -0.15) is 0 Å². The molecule has 0 bridgehead atoms. The summed E-state index contributed by atoms with van der Waals surface area (Å²) in [7, 11) is 0. The van der Waals surface area contributed by atoms with Crippen molar-refractivity contribution >= 4 is 58.3 Å². The molecular formula is C41H33ClN4O6S2. The maximum Gasteiger partial charge on any atom is 0.298 e. The molecule has 13 heteroatoms. The molecule has 0 aliphatic heterocycles. The van der Waals surface area contributed by atoms with E-state index in [0.717, 1.165) is 39.0 Å². The summed E-state index contributed by atoms with van der Waals surface area (Å²) in [5.74, 6) is 6.28. The van der Waals surface area contributed by atoms with E-state index in [0.29, 0.717) is 34.2 Å². The number of aldehydes is 1. The molecule has 54 heavy (non-hydrogen) atoms. The molecule has 0 amide bonds. The lowest BCUT2D eigenvalue weighted by Crippen LogP contribution is -2.15. The Morgan fingerprint density at radius 2 is 1.56 bits per heavy atom. The number of nitrogens with one attached hydrogen (secondary N) is 2. The average Bonchev–Trinajstić information content (AvgIpc) is 3.58. The van der Waals surface area contributed by atoms with Gasteiger partial charge in [0.2, 0.25) is 0 Å². The summed E-state index contributed by atoms with van der Waals surface area (Å²) in [6.07, 6.45) is 2.05. The van der Waals surface area contributed by atoms with Crippen molar-refractivity contribution < 1.29 is 24.5 Å². The van der Waals surface area contributed by atoms with Crippen LogP contribution < -0.4 is 9.44 Å². The third-order valence-corrected chi connectivity index (χ3v) is 10.5. The van der Waals surface area contributed by atoms with Crippen LogP contribution in [0.4, 0.5) is 17.1 Å². The Balaban J connectivity index is 1.14. The highest BCUT2D eigenvalue weighted by Gasteiger charge is 2.22. The Bertz CT molecular complexity index is 2290. The van der Waals surface area contributed by atoms with Crippen LogP contribution in [0, 0.1) is 22.0 Å². The molecule has 0 saturated heterocycles. The molecule has 6 aromatic rings. The predicted molar refractivity (Wildman–Crippen MR) is 215 cm³/mol. The number of halogens is 1. The molecule has 0 aliphatic carbocycles. The summed E-state index contributed by atoms with van der Waals surface area (Å²) in [5, 5.41) is 31.6. The normalized spacial score (nSPS) is 11.9. The van der Waals surface area contributed by atoms with E-state index in [2.05, 4.69) is 21.3 Å². The Morgan fingerprint density at radius 1 is 0.907 bits per heavy atom. The van der Waals surface area contributed by atoms with Gasteiger partial charge in [-0.1, -0.05) is 65.9 Å². The highest BCUT2D eigenvalue weighted by Crippen LogP contribution is 2.37. The molecule has 0 radical (unpaired) electrons. The summed E-state index contributed by atoms with van der Waals surface area (Å²) < 4.78 is 20.8. The van der Waals surface area contributed by atoms with Crippen molar-refractivity contribution in [3.05, 3.63) is 159 Å². The maximum atomic E-state index is 13.1. The van der Waals surface area contributed by atoms with Gasteiger partial charge in [0, 0.05) is 44.9 Å². The number of anilines is 2. The van der Waals surface area contributed by atoms with Gasteiger partial charge in [-0.05, 0) is 102 Å². The average molecular weight is 777 g/mol. The van der Waals surface area contributed by atoms with Gasteiger partial charge in [0.15, 0.2) is 11.2 Å². The number of aromatic nitrogens is 1. The molecule has 272 valence electrons. The maximum absolute atomic E-state index is 13.1. The SMILES string of the molecule is O=Cc1c(-c2ccc(C#Cc3ccc(N[S+]([O-])c4ccc(NSc5ccccc5)c([N+](=O)[O-])c4)cc3)cc2)c(-c2ccc(Cl)cc2)cn1CCC(O)CO. The molecule has 0 saturated carbocycles. The van der Waals surface area contributed by atoms with Crippen LogP contribution >= 0.6 is 23.5 Å². The Morgan fingerprint density at radius 3 is 2.19 bits per heavy atom. The van der Waals surface area contributed by atoms with Crippen LogP contribution in [0.1, 0.15) is 28.0 Å². The summed E-state index contributed by atoms with van der Waals surface area (Å²) in [6.45, 7) is -0.0248. The van der Waals surface area contributed by atoms with Gasteiger partial charge in [-0.25, -0.2) is 4.72 Å². The van der Waals surface area contributed by atoms with Gasteiger partial charge in [0.1, 0.15) is 17.0 Å². The number of carbonyl (C=O) groups is 1. The molecule has 2 atom stereocenters. The number of carbonyl (C=O) groups excluding carboxylic acids is 1. The van der Waals surface area contributed by atoms with Crippen LogP contribution in [0.25, 0.3) is 22.3 Å². The van der Waals surface area contributed by atoms with Crippen LogP contribution in [-0.2, 0) is 17.9 Å². The lowest BCUT2D eigenvalue weighted by molar-refractivity contribution is -0.384. The topological polar surface area (TPSA) is 153 Å². The number of hydrogen-bond acceptors (Lipinski definition) is 9. The van der Waals surface area contributed by atoms with Crippen molar-refractivity contribution in [2.24, 2.45) is 0 Å². The Hall–Kier alpha value is -5.52. The number of nitro groups is 1. The van der Waals surface area contributed by atoms with Crippen LogP contribution in [-0.4, -0.2) is 43.3 Å². The van der Waals surface area contributed by atoms with E-state index in [1.54, 1.807) is 47.0 Å². The molecule has 0 spiro atoms. The number of benzene rings is 5. The molecular weight excluding hydrogens is 744 g/mol. The molecule has 2 unspecified atom stereocenters. The molecule has 0 fully saturated rings. The highest BCUT2D eigenvalue weighted by atomic mass is 35.5. The fraction of sp³-hybridized carbons (Fsp3) is 0.0976. The molecule has 5 aromatic carbocycles. The first-order valence-corrected chi connectivity index (χ1v) is 19.0. The fourth-order valence-corrected chi connectivity index (χ4v) is 7.23. The Kier molecular flexibility index (Phi) is 12.7. The number of hydrogen-bond donors (Lipinski definition) is 4. The quantitative estimate of drug-likeness (QED) is 0.0213. The zero-order valence-corrected chi connectivity index (χ0v) is 30.9. The predicted octanol–water partition coefficient (Wildman–Crippen LogP) is 8.59. The highest BCUT2D eigenvalue weighted by molar-refractivity contribution is 8.00. The monoisotopic (exact) mass is 776 g/mol. The molecule has 10 nitrogen and oxygen atoms in total. The number of aliphatic hydroxyl groups excluding tert-OH is 2. The lowest BCUT2D eigenvalue weighted by Gasteiger charge is -2.13. The van der Waals surface area contributed by atoms with Crippen LogP contribution in [0.15, 0.2) is 137 Å². The van der Waals surface area contributed by atoms with E-state index in [9.17, 15) is 29.7 Å². The van der Waals surface area contributed by atoms with Gasteiger partial charge in [-0.3, -0.25) is 14.9 Å². The van der Waals surface area contributed by atoms with Gasteiger partial charge in [0.25, 0.3) is 5.69 Å². The van der Waals surface area contributed by atoms with E-state index >= 15 is 0 Å². The number of rotatable bonds is 14. The van der Waals surface area contributed by atoms with Gasteiger partial charge >= 0.3 is 0 Å². The van der Waals surface area contributed by atoms with E-state index in [1.165, 1.54) is 24.1 Å². The second kappa shape index (κ2) is 18.0. The minimum atomic E-state index is -1.76. The summed E-state index contributed by atoms with van der Waals surface area (Å²) in [4.78, 5) is 24.8. The zero-order valence-electron chi connectivity index (χ0n) is 28.5. The van der Waals surface area contributed by atoms with Gasteiger partial charge < -0.3 is 24.1 Å². The Labute approximate surface area is 324 Å². The smallest absolute Gasteiger partial charge is 0.298 e. The minimum absolute atomic E-state index is 0.190. The molecule has 4 N–H and O–H groups in total. The van der Waals surface area contributed by atoms with Crippen LogP contribution in [0.3, 0.4) is 0 Å². The molecule has 1 aromatic heterocycles. The van der Waals surface area contributed by atoms with Crippen molar-refractivity contribution in [3.63, 3.8) is 0 Å². The molecule has 1 heterocycles. The first-order chi connectivity index (χ1) is 26.2. The second-order valence-electron chi connectivity index (χ2n) is 12.0. The number of aryl methyl sites for hydroxylation is 1.